The monoisotopic (exact) mass is 430 g/mol. The molecule has 0 aromatic heterocycles. The maximum atomic E-state index is 12.4. The molecule has 1 atom stereocenters. The summed E-state index contributed by atoms with van der Waals surface area (Å²) in [6, 6.07) is 22.7. The van der Waals surface area contributed by atoms with Gasteiger partial charge in [-0.05, 0) is 58.5 Å². The van der Waals surface area contributed by atoms with E-state index in [0.717, 1.165) is 5.56 Å². The van der Waals surface area contributed by atoms with Gasteiger partial charge in [0.1, 0.15) is 5.75 Å². The van der Waals surface area contributed by atoms with Crippen LogP contribution in [0.15, 0.2) is 84.0 Å². The van der Waals surface area contributed by atoms with Crippen LogP contribution in [-0.2, 0) is 10.2 Å². The van der Waals surface area contributed by atoms with Gasteiger partial charge in [0.15, 0.2) is 6.10 Å². The molecule has 0 aliphatic heterocycles. The van der Waals surface area contributed by atoms with Crippen LogP contribution in [0.2, 0.25) is 0 Å². The molecular formula is C26H26N2O4. The second-order valence-electron chi connectivity index (χ2n) is 8.33. The molecule has 0 heterocycles. The summed E-state index contributed by atoms with van der Waals surface area (Å²) in [7, 11) is 0. The van der Waals surface area contributed by atoms with E-state index in [2.05, 4.69) is 31.3 Å². The van der Waals surface area contributed by atoms with Gasteiger partial charge in [-0.3, -0.25) is 4.79 Å². The van der Waals surface area contributed by atoms with Crippen molar-refractivity contribution >= 4 is 18.1 Å². The molecule has 0 radical (unpaired) electrons. The zero-order valence-electron chi connectivity index (χ0n) is 18.3. The Kier molecular flexibility index (Phi) is 7.18. The van der Waals surface area contributed by atoms with Crippen LogP contribution in [0.3, 0.4) is 0 Å². The number of hydrazone groups is 1. The molecule has 6 nitrogen and oxygen atoms in total. The van der Waals surface area contributed by atoms with E-state index in [1.165, 1.54) is 6.21 Å². The molecule has 3 aromatic carbocycles. The number of ether oxygens (including phenoxy) is 1. The van der Waals surface area contributed by atoms with E-state index in [1.54, 1.807) is 66.7 Å². The Bertz CT molecular complexity index is 1080. The lowest BCUT2D eigenvalue weighted by Crippen LogP contribution is -2.25. The van der Waals surface area contributed by atoms with Crippen molar-refractivity contribution in [1.29, 1.82) is 0 Å². The average molecular weight is 431 g/mol. The first-order valence-electron chi connectivity index (χ1n) is 10.2. The predicted molar refractivity (Wildman–Crippen MR) is 124 cm³/mol. The Morgan fingerprint density at radius 3 is 2.16 bits per heavy atom. The highest BCUT2D eigenvalue weighted by molar-refractivity contribution is 5.91. The lowest BCUT2D eigenvalue weighted by molar-refractivity contribution is -0.129. The fourth-order valence-electron chi connectivity index (χ4n) is 2.91. The Balaban J connectivity index is 1.54. The number of rotatable bonds is 6. The van der Waals surface area contributed by atoms with Crippen molar-refractivity contribution in [2.45, 2.75) is 32.3 Å². The summed E-state index contributed by atoms with van der Waals surface area (Å²) in [6.45, 7) is 6.34. The summed E-state index contributed by atoms with van der Waals surface area (Å²) in [6.07, 6.45) is 0.138. The second kappa shape index (κ2) is 10.0. The minimum absolute atomic E-state index is 0.0128. The van der Waals surface area contributed by atoms with Crippen molar-refractivity contribution in [3.63, 3.8) is 0 Å². The number of nitrogens with zero attached hydrogens (tertiary/aromatic N) is 1. The number of benzene rings is 3. The number of carbonyl (C=O) groups is 2. The molecule has 2 N–H and O–H groups in total. The predicted octanol–water partition coefficient (Wildman–Crippen LogP) is 4.39. The van der Waals surface area contributed by atoms with Crippen LogP contribution in [0.5, 0.6) is 5.75 Å². The van der Waals surface area contributed by atoms with Gasteiger partial charge < -0.3 is 9.84 Å². The molecule has 0 fully saturated rings. The van der Waals surface area contributed by atoms with Crippen molar-refractivity contribution in [2.24, 2.45) is 5.10 Å². The molecule has 0 bridgehead atoms. The number of hydrogen-bond acceptors (Lipinski definition) is 5. The zero-order chi connectivity index (χ0) is 23.1. The number of aliphatic hydroxyl groups is 1. The first-order valence-corrected chi connectivity index (χ1v) is 10.2. The lowest BCUT2D eigenvalue weighted by atomic mass is 9.87. The van der Waals surface area contributed by atoms with Gasteiger partial charge in [0.25, 0.3) is 5.91 Å². The molecule has 3 aromatic rings. The van der Waals surface area contributed by atoms with Gasteiger partial charge in [-0.15, -0.1) is 0 Å². The molecule has 1 amide bonds. The summed E-state index contributed by atoms with van der Waals surface area (Å²) in [5.74, 6) is -0.667. The van der Waals surface area contributed by atoms with Crippen LogP contribution in [-0.4, -0.2) is 23.2 Å². The molecule has 6 heteroatoms. The van der Waals surface area contributed by atoms with E-state index in [4.69, 9.17) is 4.74 Å². The molecular weight excluding hydrogens is 404 g/mol. The van der Waals surface area contributed by atoms with Gasteiger partial charge in [-0.2, -0.15) is 5.10 Å². The highest BCUT2D eigenvalue weighted by atomic mass is 16.5. The molecule has 0 aliphatic carbocycles. The van der Waals surface area contributed by atoms with Crippen LogP contribution < -0.4 is 10.2 Å². The standard InChI is InChI=1S/C26H26N2O4/c1-26(2,3)21-13-11-20(12-14-21)25(31)32-22-15-9-18(10-16-22)17-27-28-24(30)23(29)19-7-5-4-6-8-19/h4-17,23,29H,1-3H3,(H,28,30)/b27-17+. The SMILES string of the molecule is CC(C)(C)c1ccc(C(=O)Oc2ccc(/C=N/NC(=O)C(O)c3ccccc3)cc2)cc1. The van der Waals surface area contributed by atoms with E-state index in [-0.39, 0.29) is 5.41 Å². The number of aliphatic hydroxyl groups excluding tert-OH is 1. The summed E-state index contributed by atoms with van der Waals surface area (Å²) in [5, 5.41) is 13.9. The second-order valence-corrected chi connectivity index (χ2v) is 8.33. The third-order valence-corrected chi connectivity index (χ3v) is 4.83. The van der Waals surface area contributed by atoms with Crippen LogP contribution >= 0.6 is 0 Å². The minimum Gasteiger partial charge on any atom is -0.423 e. The van der Waals surface area contributed by atoms with Crippen LogP contribution in [0.25, 0.3) is 0 Å². The van der Waals surface area contributed by atoms with E-state index in [1.807, 2.05) is 12.1 Å². The molecule has 0 saturated heterocycles. The first kappa shape index (κ1) is 22.9. The van der Waals surface area contributed by atoms with Crippen molar-refractivity contribution < 1.29 is 19.4 Å². The van der Waals surface area contributed by atoms with E-state index in [9.17, 15) is 14.7 Å². The number of carbonyl (C=O) groups excluding carboxylic acids is 2. The Hall–Kier alpha value is -3.77. The van der Waals surface area contributed by atoms with Gasteiger partial charge in [0.05, 0.1) is 11.8 Å². The Morgan fingerprint density at radius 1 is 0.938 bits per heavy atom. The molecule has 164 valence electrons. The zero-order valence-corrected chi connectivity index (χ0v) is 18.3. The lowest BCUT2D eigenvalue weighted by Gasteiger charge is -2.18. The minimum atomic E-state index is -1.30. The van der Waals surface area contributed by atoms with E-state index in [0.29, 0.717) is 22.4 Å². The molecule has 3 rings (SSSR count). The maximum Gasteiger partial charge on any atom is 0.343 e. The molecule has 1 unspecified atom stereocenters. The van der Waals surface area contributed by atoms with Crippen LogP contribution in [0, 0.1) is 0 Å². The van der Waals surface area contributed by atoms with Crippen LogP contribution in [0.1, 0.15) is 53.9 Å². The Morgan fingerprint density at radius 2 is 1.56 bits per heavy atom. The average Bonchev–Trinajstić information content (AvgIpc) is 2.79. The van der Waals surface area contributed by atoms with Gasteiger partial charge in [0.2, 0.25) is 0 Å². The molecule has 0 spiro atoms. The molecule has 32 heavy (non-hydrogen) atoms. The highest BCUT2D eigenvalue weighted by Crippen LogP contribution is 2.22. The van der Waals surface area contributed by atoms with Gasteiger partial charge in [0, 0.05) is 0 Å². The van der Waals surface area contributed by atoms with Crippen LogP contribution in [0.4, 0.5) is 0 Å². The van der Waals surface area contributed by atoms with Gasteiger partial charge >= 0.3 is 5.97 Å². The summed E-state index contributed by atoms with van der Waals surface area (Å²) >= 11 is 0. The number of nitrogens with one attached hydrogen (secondary N) is 1. The fourth-order valence-corrected chi connectivity index (χ4v) is 2.91. The smallest absolute Gasteiger partial charge is 0.343 e. The van der Waals surface area contributed by atoms with E-state index >= 15 is 0 Å². The maximum absolute atomic E-state index is 12.4. The third kappa shape index (κ3) is 6.12. The Labute approximate surface area is 187 Å². The third-order valence-electron chi connectivity index (χ3n) is 4.83. The normalized spacial score (nSPS) is 12.4. The van der Waals surface area contributed by atoms with Gasteiger partial charge in [-0.1, -0.05) is 63.2 Å². The summed E-state index contributed by atoms with van der Waals surface area (Å²) in [4.78, 5) is 24.4. The summed E-state index contributed by atoms with van der Waals surface area (Å²) < 4.78 is 5.42. The number of esters is 1. The quantitative estimate of drug-likeness (QED) is 0.263. The topological polar surface area (TPSA) is 88.0 Å². The van der Waals surface area contributed by atoms with Crippen molar-refractivity contribution in [3.8, 4) is 5.75 Å². The summed E-state index contributed by atoms with van der Waals surface area (Å²) in [5.41, 5.74) is 5.11. The first-order chi connectivity index (χ1) is 15.2. The van der Waals surface area contributed by atoms with Crippen molar-refractivity contribution in [3.05, 3.63) is 101 Å². The van der Waals surface area contributed by atoms with E-state index < -0.39 is 18.0 Å². The molecule has 0 saturated carbocycles. The number of hydrogen-bond donors (Lipinski definition) is 2. The van der Waals surface area contributed by atoms with Crippen molar-refractivity contribution in [2.75, 3.05) is 0 Å². The largest absolute Gasteiger partial charge is 0.423 e. The molecule has 0 aliphatic rings. The van der Waals surface area contributed by atoms with Crippen molar-refractivity contribution in [1.82, 2.24) is 5.43 Å². The van der Waals surface area contributed by atoms with Gasteiger partial charge in [-0.25, -0.2) is 10.2 Å². The fraction of sp³-hybridized carbons (Fsp3) is 0.192. The number of amides is 1. The highest BCUT2D eigenvalue weighted by Gasteiger charge is 2.16.